The number of hydrogen-bond donors (Lipinski definition) is 1. The first-order chi connectivity index (χ1) is 9.67. The minimum Gasteiger partial charge on any atom is -0.373 e. The Morgan fingerprint density at radius 3 is 2.45 bits per heavy atom. The van der Waals surface area contributed by atoms with E-state index in [1.807, 2.05) is 17.0 Å². The number of benzene rings is 1. The van der Waals surface area contributed by atoms with Crippen molar-refractivity contribution in [2.75, 3.05) is 17.3 Å². The van der Waals surface area contributed by atoms with Crippen LogP contribution in [0.1, 0.15) is 11.1 Å². The summed E-state index contributed by atoms with van der Waals surface area (Å²) in [7, 11) is 1.70. The van der Waals surface area contributed by atoms with Crippen LogP contribution in [0.15, 0.2) is 36.4 Å². The summed E-state index contributed by atoms with van der Waals surface area (Å²) in [5.74, 6) is 1.13. The average molecular weight is 270 g/mol. The van der Waals surface area contributed by atoms with Gasteiger partial charge in [-0.3, -0.25) is 10.1 Å². The van der Waals surface area contributed by atoms with Crippen molar-refractivity contribution >= 4 is 17.3 Å². The van der Waals surface area contributed by atoms with Crippen LogP contribution in [0, 0.1) is 10.1 Å². The van der Waals surface area contributed by atoms with E-state index in [9.17, 15) is 10.1 Å². The summed E-state index contributed by atoms with van der Waals surface area (Å²) in [6, 6.07) is 11.1. The molecule has 20 heavy (non-hydrogen) atoms. The van der Waals surface area contributed by atoms with Crippen LogP contribution in [-0.2, 0) is 13.1 Å². The molecule has 2 aromatic rings. The second kappa shape index (κ2) is 4.80. The summed E-state index contributed by atoms with van der Waals surface area (Å²) < 4.78 is 0. The van der Waals surface area contributed by atoms with Crippen molar-refractivity contribution in [2.24, 2.45) is 0 Å². The van der Waals surface area contributed by atoms with Crippen molar-refractivity contribution in [3.05, 3.63) is 57.6 Å². The molecular weight excluding hydrogens is 256 g/mol. The number of anilines is 2. The van der Waals surface area contributed by atoms with Gasteiger partial charge in [-0.1, -0.05) is 24.3 Å². The molecule has 1 aliphatic rings. The molecule has 0 spiro atoms. The highest BCUT2D eigenvalue weighted by Gasteiger charge is 2.22. The molecule has 1 N–H and O–H groups in total. The summed E-state index contributed by atoms with van der Waals surface area (Å²) in [5.41, 5.74) is 2.54. The first-order valence-corrected chi connectivity index (χ1v) is 6.33. The lowest BCUT2D eigenvalue weighted by Gasteiger charge is -2.17. The molecule has 0 aliphatic carbocycles. The van der Waals surface area contributed by atoms with Crippen molar-refractivity contribution in [3.8, 4) is 0 Å². The van der Waals surface area contributed by atoms with Crippen LogP contribution in [0.3, 0.4) is 0 Å². The van der Waals surface area contributed by atoms with Gasteiger partial charge in [-0.05, 0) is 11.1 Å². The molecule has 0 unspecified atom stereocenters. The van der Waals surface area contributed by atoms with E-state index < -0.39 is 4.92 Å². The van der Waals surface area contributed by atoms with Gasteiger partial charge < -0.3 is 10.2 Å². The van der Waals surface area contributed by atoms with Gasteiger partial charge in [0.05, 0.1) is 17.1 Å². The van der Waals surface area contributed by atoms with E-state index in [-0.39, 0.29) is 5.69 Å². The Morgan fingerprint density at radius 2 is 1.90 bits per heavy atom. The van der Waals surface area contributed by atoms with E-state index in [1.54, 1.807) is 7.05 Å². The number of fused-ring (bicyclic) bond motifs is 1. The zero-order valence-electron chi connectivity index (χ0n) is 11.0. The van der Waals surface area contributed by atoms with Crippen molar-refractivity contribution in [2.45, 2.75) is 13.1 Å². The van der Waals surface area contributed by atoms with Crippen LogP contribution in [0.4, 0.5) is 17.3 Å². The molecule has 0 saturated carbocycles. The molecule has 2 heterocycles. The normalized spacial score (nSPS) is 13.2. The monoisotopic (exact) mass is 270 g/mol. The van der Waals surface area contributed by atoms with Gasteiger partial charge >= 0.3 is 0 Å². The number of rotatable bonds is 3. The molecule has 102 valence electrons. The first-order valence-electron chi connectivity index (χ1n) is 6.33. The molecule has 0 saturated heterocycles. The maximum Gasteiger partial charge on any atom is 0.276 e. The Kier molecular flexibility index (Phi) is 2.98. The number of nitro groups is 1. The molecule has 0 amide bonds. The van der Waals surface area contributed by atoms with Crippen LogP contribution in [0.2, 0.25) is 0 Å². The van der Waals surface area contributed by atoms with Gasteiger partial charge in [0, 0.05) is 20.1 Å². The molecule has 1 aliphatic heterocycles. The zero-order valence-corrected chi connectivity index (χ0v) is 11.0. The molecule has 3 rings (SSSR count). The molecule has 1 aromatic carbocycles. The fourth-order valence-electron chi connectivity index (χ4n) is 2.39. The molecule has 1 aromatic heterocycles. The van der Waals surface area contributed by atoms with Crippen molar-refractivity contribution in [3.63, 3.8) is 0 Å². The second-order valence-corrected chi connectivity index (χ2v) is 4.70. The van der Waals surface area contributed by atoms with Gasteiger partial charge in [0.1, 0.15) is 11.6 Å². The highest BCUT2D eigenvalue weighted by atomic mass is 16.6. The quantitative estimate of drug-likeness (QED) is 0.685. The van der Waals surface area contributed by atoms with Crippen molar-refractivity contribution in [1.29, 1.82) is 0 Å². The molecule has 0 bridgehead atoms. The minimum absolute atomic E-state index is 0.0512. The van der Waals surface area contributed by atoms with Crippen molar-refractivity contribution in [1.82, 2.24) is 4.98 Å². The number of aromatic nitrogens is 1. The van der Waals surface area contributed by atoms with Crippen LogP contribution < -0.4 is 10.2 Å². The van der Waals surface area contributed by atoms with E-state index in [4.69, 9.17) is 0 Å². The third-order valence-corrected chi connectivity index (χ3v) is 3.43. The zero-order chi connectivity index (χ0) is 14.1. The van der Waals surface area contributed by atoms with E-state index in [0.717, 1.165) is 13.1 Å². The van der Waals surface area contributed by atoms with E-state index in [1.165, 1.54) is 23.3 Å². The molecule has 6 nitrogen and oxygen atoms in total. The van der Waals surface area contributed by atoms with E-state index in [2.05, 4.69) is 22.4 Å². The Balaban J connectivity index is 1.96. The third-order valence-electron chi connectivity index (χ3n) is 3.43. The van der Waals surface area contributed by atoms with Crippen molar-refractivity contribution < 1.29 is 4.92 Å². The highest BCUT2D eigenvalue weighted by Crippen LogP contribution is 2.30. The predicted octanol–water partition coefficient (Wildman–Crippen LogP) is 2.55. The lowest BCUT2D eigenvalue weighted by Crippen LogP contribution is -2.16. The number of hydrogen-bond acceptors (Lipinski definition) is 5. The second-order valence-electron chi connectivity index (χ2n) is 4.70. The Bertz CT molecular complexity index is 647. The van der Waals surface area contributed by atoms with Gasteiger partial charge in [0.2, 0.25) is 0 Å². The highest BCUT2D eigenvalue weighted by molar-refractivity contribution is 5.57. The molecular formula is C14H14N4O2. The fraction of sp³-hybridized carbons (Fsp3) is 0.214. The number of nitrogens with zero attached hydrogens (tertiary/aromatic N) is 3. The van der Waals surface area contributed by atoms with Crippen LogP contribution in [-0.4, -0.2) is 17.0 Å². The Morgan fingerprint density at radius 1 is 1.25 bits per heavy atom. The summed E-state index contributed by atoms with van der Waals surface area (Å²) in [6.07, 6.45) is 0. The lowest BCUT2D eigenvalue weighted by molar-refractivity contribution is -0.384. The predicted molar refractivity (Wildman–Crippen MR) is 76.8 cm³/mol. The lowest BCUT2D eigenvalue weighted by atomic mass is 10.1. The fourth-order valence-corrected chi connectivity index (χ4v) is 2.39. The van der Waals surface area contributed by atoms with Gasteiger partial charge in [-0.2, -0.15) is 0 Å². The average Bonchev–Trinajstić information content (AvgIpc) is 2.90. The molecule has 0 fully saturated rings. The Labute approximate surface area is 116 Å². The standard InChI is InChI=1S/C14H14N4O2/c1-15-13-6-12(18(19)20)7-14(16-13)17-8-10-4-2-3-5-11(10)9-17/h2-7H,8-9H2,1H3,(H,15,16). The largest absolute Gasteiger partial charge is 0.373 e. The third kappa shape index (κ3) is 2.16. The molecule has 0 atom stereocenters. The van der Waals surface area contributed by atoms with Gasteiger partial charge in [-0.25, -0.2) is 4.98 Å². The smallest absolute Gasteiger partial charge is 0.276 e. The maximum absolute atomic E-state index is 11.0. The first kappa shape index (κ1) is 12.4. The summed E-state index contributed by atoms with van der Waals surface area (Å²) in [4.78, 5) is 17.0. The molecule has 6 heteroatoms. The summed E-state index contributed by atoms with van der Waals surface area (Å²) in [6.45, 7) is 1.46. The van der Waals surface area contributed by atoms with Crippen LogP contribution in [0.5, 0.6) is 0 Å². The van der Waals surface area contributed by atoms with Crippen LogP contribution in [0.25, 0.3) is 0 Å². The topological polar surface area (TPSA) is 71.3 Å². The van der Waals surface area contributed by atoms with Gasteiger partial charge in [0.25, 0.3) is 5.69 Å². The molecule has 0 radical (unpaired) electrons. The number of pyridine rings is 1. The van der Waals surface area contributed by atoms with Gasteiger partial charge in [0.15, 0.2) is 0 Å². The summed E-state index contributed by atoms with van der Waals surface area (Å²) >= 11 is 0. The maximum atomic E-state index is 11.0. The minimum atomic E-state index is -0.394. The van der Waals surface area contributed by atoms with E-state index >= 15 is 0 Å². The van der Waals surface area contributed by atoms with E-state index in [0.29, 0.717) is 11.6 Å². The SMILES string of the molecule is CNc1cc([N+](=O)[O-])cc(N2Cc3ccccc3C2)n1. The number of nitrogens with one attached hydrogen (secondary N) is 1. The van der Waals surface area contributed by atoms with Gasteiger partial charge in [-0.15, -0.1) is 0 Å². The summed E-state index contributed by atoms with van der Waals surface area (Å²) in [5, 5.41) is 13.9. The Hall–Kier alpha value is -2.63. The van der Waals surface area contributed by atoms with Crippen LogP contribution >= 0.6 is 0 Å².